The molecule has 0 saturated carbocycles. The molecule has 0 fully saturated rings. The predicted molar refractivity (Wildman–Crippen MR) is 59.6 cm³/mol. The number of hydrogen-bond acceptors (Lipinski definition) is 4. The first kappa shape index (κ1) is 13.5. The molecule has 0 N–H and O–H groups in total. The summed E-state index contributed by atoms with van der Waals surface area (Å²) < 4.78 is 9.55. The summed E-state index contributed by atoms with van der Waals surface area (Å²) in [6.45, 7) is 2.70. The quantitative estimate of drug-likeness (QED) is 0.371. The van der Waals surface area contributed by atoms with Crippen molar-refractivity contribution in [3.63, 3.8) is 0 Å². The average molecular weight is 218 g/mol. The van der Waals surface area contributed by atoms with Gasteiger partial charge in [0.15, 0.2) is 0 Å². The van der Waals surface area contributed by atoms with E-state index in [-0.39, 0.29) is 5.97 Å². The topological polar surface area (TPSA) is 35.5 Å². The highest BCUT2D eigenvalue weighted by molar-refractivity contribution is 7.99. The molecular weight excluding hydrogens is 200 g/mol. The minimum atomic E-state index is -0.222. The molecule has 0 aliphatic rings. The molecule has 14 heavy (non-hydrogen) atoms. The van der Waals surface area contributed by atoms with E-state index in [2.05, 4.69) is 4.74 Å². The van der Waals surface area contributed by atoms with Gasteiger partial charge < -0.3 is 9.47 Å². The summed E-state index contributed by atoms with van der Waals surface area (Å²) in [6, 6.07) is 0. The summed E-state index contributed by atoms with van der Waals surface area (Å²) >= 11 is 1.74. The fraction of sp³-hybridized carbons (Fsp3) is 0.700. The zero-order chi connectivity index (χ0) is 10.8. The fourth-order valence-electron chi connectivity index (χ4n) is 0.888. The van der Waals surface area contributed by atoms with Gasteiger partial charge in [-0.15, -0.1) is 0 Å². The molecule has 0 bridgehead atoms. The van der Waals surface area contributed by atoms with Gasteiger partial charge in [-0.05, 0) is 6.42 Å². The molecule has 0 radical (unpaired) electrons. The smallest absolute Gasteiger partial charge is 0.333 e. The molecule has 0 saturated heterocycles. The van der Waals surface area contributed by atoms with Gasteiger partial charge in [0, 0.05) is 24.2 Å². The van der Waals surface area contributed by atoms with Gasteiger partial charge in [-0.25, -0.2) is 4.79 Å². The van der Waals surface area contributed by atoms with Gasteiger partial charge in [0.05, 0.1) is 13.7 Å². The molecule has 0 aromatic heterocycles. The summed E-state index contributed by atoms with van der Waals surface area (Å²) in [5.41, 5.74) is 0.748. The maximum absolute atomic E-state index is 11.1. The Kier molecular flexibility index (Phi) is 8.78. The third-order valence-electron chi connectivity index (χ3n) is 1.71. The van der Waals surface area contributed by atoms with Crippen LogP contribution in [0, 0.1) is 0 Å². The van der Waals surface area contributed by atoms with E-state index < -0.39 is 0 Å². The van der Waals surface area contributed by atoms with E-state index in [1.165, 1.54) is 7.11 Å². The van der Waals surface area contributed by atoms with Crippen LogP contribution in [0.15, 0.2) is 11.6 Å². The van der Waals surface area contributed by atoms with Crippen LogP contribution >= 0.6 is 11.8 Å². The zero-order valence-corrected chi connectivity index (χ0v) is 9.86. The van der Waals surface area contributed by atoms with Crippen molar-refractivity contribution in [2.75, 3.05) is 32.3 Å². The maximum atomic E-state index is 11.1. The van der Waals surface area contributed by atoms with Crippen molar-refractivity contribution in [1.82, 2.24) is 0 Å². The van der Waals surface area contributed by atoms with Crippen molar-refractivity contribution in [1.29, 1.82) is 0 Å². The highest BCUT2D eigenvalue weighted by atomic mass is 32.2. The second-order valence-corrected chi connectivity index (χ2v) is 3.79. The van der Waals surface area contributed by atoms with Crippen molar-refractivity contribution >= 4 is 17.7 Å². The number of carbonyl (C=O) groups is 1. The minimum Gasteiger partial charge on any atom is -0.466 e. The van der Waals surface area contributed by atoms with Crippen molar-refractivity contribution in [2.24, 2.45) is 0 Å². The van der Waals surface area contributed by atoms with Gasteiger partial charge in [0.2, 0.25) is 0 Å². The first-order chi connectivity index (χ1) is 6.76. The van der Waals surface area contributed by atoms with Crippen LogP contribution in [-0.2, 0) is 14.3 Å². The molecule has 4 heteroatoms. The second kappa shape index (κ2) is 9.09. The molecule has 0 spiro atoms. The summed E-state index contributed by atoms with van der Waals surface area (Å²) in [5, 5.41) is 0. The largest absolute Gasteiger partial charge is 0.466 e. The van der Waals surface area contributed by atoms with Gasteiger partial charge in [0.1, 0.15) is 0 Å². The molecule has 0 rings (SSSR count). The van der Waals surface area contributed by atoms with Gasteiger partial charge in [-0.3, -0.25) is 0 Å². The molecule has 3 nitrogen and oxygen atoms in total. The fourth-order valence-corrected chi connectivity index (χ4v) is 1.66. The third-order valence-corrected chi connectivity index (χ3v) is 2.57. The number of thioether (sulfide) groups is 1. The highest BCUT2D eigenvalue weighted by Gasteiger charge is 2.05. The Bertz CT molecular complexity index is 190. The summed E-state index contributed by atoms with van der Waals surface area (Å²) in [7, 11) is 3.09. The average Bonchev–Trinajstić information content (AvgIpc) is 2.22. The van der Waals surface area contributed by atoms with Crippen molar-refractivity contribution in [3.05, 3.63) is 11.6 Å². The standard InChI is InChI=1S/C10H18O3S/c1-4-9(10(11)13-3)5-7-14-8-6-12-2/h5H,4,6-8H2,1-3H3. The molecule has 0 atom stereocenters. The van der Waals surface area contributed by atoms with E-state index >= 15 is 0 Å². The first-order valence-corrected chi connectivity index (χ1v) is 5.75. The molecule has 0 heterocycles. The van der Waals surface area contributed by atoms with Crippen LogP contribution in [0.5, 0.6) is 0 Å². The van der Waals surface area contributed by atoms with Crippen LogP contribution in [0.2, 0.25) is 0 Å². The lowest BCUT2D eigenvalue weighted by atomic mass is 10.2. The number of hydrogen-bond donors (Lipinski definition) is 0. The lowest BCUT2D eigenvalue weighted by molar-refractivity contribution is -0.136. The number of esters is 1. The van der Waals surface area contributed by atoms with Crippen molar-refractivity contribution in [2.45, 2.75) is 13.3 Å². The lowest BCUT2D eigenvalue weighted by Crippen LogP contribution is -2.04. The summed E-state index contributed by atoms with van der Waals surface area (Å²) in [4.78, 5) is 11.1. The number of carbonyl (C=O) groups excluding carboxylic acids is 1. The molecule has 0 unspecified atom stereocenters. The second-order valence-electron chi connectivity index (χ2n) is 2.64. The molecule has 0 aromatic rings. The minimum absolute atomic E-state index is 0.222. The van der Waals surface area contributed by atoms with Crippen LogP contribution in [0.3, 0.4) is 0 Å². The summed E-state index contributed by atoms with van der Waals surface area (Å²) in [6.07, 6.45) is 2.64. The van der Waals surface area contributed by atoms with E-state index in [9.17, 15) is 4.79 Å². The van der Waals surface area contributed by atoms with Crippen LogP contribution in [0.1, 0.15) is 13.3 Å². The van der Waals surface area contributed by atoms with Crippen LogP contribution in [0.4, 0.5) is 0 Å². The van der Waals surface area contributed by atoms with E-state index in [0.29, 0.717) is 0 Å². The molecule has 82 valence electrons. The third kappa shape index (κ3) is 6.05. The summed E-state index contributed by atoms with van der Waals surface area (Å²) in [5.74, 6) is 1.56. The Balaban J connectivity index is 3.76. The number of rotatable bonds is 7. The molecule has 0 aliphatic carbocycles. The molecular formula is C10H18O3S. The van der Waals surface area contributed by atoms with Gasteiger partial charge >= 0.3 is 5.97 Å². The normalized spacial score (nSPS) is 11.5. The number of methoxy groups -OCH3 is 2. The van der Waals surface area contributed by atoms with E-state index in [1.54, 1.807) is 18.9 Å². The van der Waals surface area contributed by atoms with Crippen LogP contribution < -0.4 is 0 Å². The van der Waals surface area contributed by atoms with E-state index in [4.69, 9.17) is 4.74 Å². The Labute approximate surface area is 89.8 Å². The van der Waals surface area contributed by atoms with E-state index in [1.807, 2.05) is 13.0 Å². The van der Waals surface area contributed by atoms with Crippen molar-refractivity contribution < 1.29 is 14.3 Å². The predicted octanol–water partition coefficient (Wildman–Crippen LogP) is 1.88. The van der Waals surface area contributed by atoms with Gasteiger partial charge in [0.25, 0.3) is 0 Å². The molecule has 0 aliphatic heterocycles. The monoisotopic (exact) mass is 218 g/mol. The molecule has 0 amide bonds. The Hall–Kier alpha value is -0.480. The Morgan fingerprint density at radius 3 is 2.64 bits per heavy atom. The van der Waals surface area contributed by atoms with Gasteiger partial charge in [-0.2, -0.15) is 11.8 Å². The van der Waals surface area contributed by atoms with Crippen LogP contribution in [-0.4, -0.2) is 38.3 Å². The SMILES string of the molecule is CCC(=CCSCCOC)C(=O)OC. The Morgan fingerprint density at radius 1 is 1.43 bits per heavy atom. The zero-order valence-electron chi connectivity index (χ0n) is 9.04. The van der Waals surface area contributed by atoms with Crippen molar-refractivity contribution in [3.8, 4) is 0 Å². The lowest BCUT2D eigenvalue weighted by Gasteiger charge is -2.02. The van der Waals surface area contributed by atoms with Crippen LogP contribution in [0.25, 0.3) is 0 Å². The maximum Gasteiger partial charge on any atom is 0.333 e. The first-order valence-electron chi connectivity index (χ1n) is 4.60. The number of ether oxygens (including phenoxy) is 2. The molecule has 0 aromatic carbocycles. The highest BCUT2D eigenvalue weighted by Crippen LogP contribution is 2.07. The van der Waals surface area contributed by atoms with E-state index in [0.717, 1.165) is 30.1 Å². The van der Waals surface area contributed by atoms with Gasteiger partial charge in [-0.1, -0.05) is 13.0 Å². The Morgan fingerprint density at radius 2 is 2.14 bits per heavy atom.